The molecule has 8 nitrogen and oxygen atoms in total. The molecule has 1 unspecified atom stereocenters. The van der Waals surface area contributed by atoms with Gasteiger partial charge in [-0.2, -0.15) is 0 Å². The van der Waals surface area contributed by atoms with Crippen LogP contribution in [-0.2, 0) is 16.1 Å². The predicted molar refractivity (Wildman–Crippen MR) is 118 cm³/mol. The second-order valence-electron chi connectivity index (χ2n) is 7.34. The minimum Gasteiger partial charge on any atom is -0.463 e. The van der Waals surface area contributed by atoms with Crippen LogP contribution in [0, 0.1) is 0 Å². The molecule has 1 aliphatic carbocycles. The number of halogens is 1. The molecule has 31 heavy (non-hydrogen) atoms. The third-order valence-electron chi connectivity index (χ3n) is 5.20. The largest absolute Gasteiger partial charge is 0.463 e. The summed E-state index contributed by atoms with van der Waals surface area (Å²) in [6, 6.07) is 6.03. The van der Waals surface area contributed by atoms with Gasteiger partial charge in [0.05, 0.1) is 18.2 Å². The second kappa shape index (κ2) is 9.32. The fourth-order valence-electron chi connectivity index (χ4n) is 3.57. The lowest BCUT2D eigenvalue weighted by atomic mass is 9.95. The van der Waals surface area contributed by atoms with E-state index in [0.717, 1.165) is 35.9 Å². The van der Waals surface area contributed by atoms with Crippen LogP contribution in [0.1, 0.15) is 50.0 Å². The van der Waals surface area contributed by atoms with Gasteiger partial charge in [-0.25, -0.2) is 9.59 Å². The van der Waals surface area contributed by atoms with Crippen LogP contribution in [0.25, 0.3) is 0 Å². The molecule has 1 saturated carbocycles. The number of carbonyl (C=O) groups excluding carboxylic acids is 2. The van der Waals surface area contributed by atoms with Crippen molar-refractivity contribution in [3.8, 4) is 0 Å². The van der Waals surface area contributed by atoms with Crippen molar-refractivity contribution in [1.82, 2.24) is 25.4 Å². The van der Waals surface area contributed by atoms with Gasteiger partial charge in [-0.3, -0.25) is 0 Å². The van der Waals surface area contributed by atoms with Crippen molar-refractivity contribution in [1.29, 1.82) is 0 Å². The molecule has 0 bridgehead atoms. The number of ether oxygens (including phenoxy) is 1. The number of nitrogens with one attached hydrogen (secondary N) is 2. The second-order valence-corrected chi connectivity index (χ2v) is 8.72. The third kappa shape index (κ3) is 4.72. The lowest BCUT2D eigenvalue weighted by Gasteiger charge is -2.29. The molecule has 1 atom stereocenters. The zero-order valence-corrected chi connectivity index (χ0v) is 18.9. The maximum Gasteiger partial charge on any atom is 0.338 e. The van der Waals surface area contributed by atoms with Gasteiger partial charge in [-0.15, -0.1) is 10.2 Å². The van der Waals surface area contributed by atoms with Crippen LogP contribution < -0.4 is 10.6 Å². The predicted octanol–water partition coefficient (Wildman–Crippen LogP) is 3.79. The molecular weight excluding hydrogens is 438 g/mol. The summed E-state index contributed by atoms with van der Waals surface area (Å²) in [6.45, 7) is 4.82. The lowest BCUT2D eigenvalue weighted by molar-refractivity contribution is -0.139. The smallest absolute Gasteiger partial charge is 0.338 e. The number of esters is 1. The Hall–Kier alpha value is -2.52. The van der Waals surface area contributed by atoms with Crippen molar-refractivity contribution in [2.75, 3.05) is 12.4 Å². The molecular formula is C21H24ClN5O3S. The van der Waals surface area contributed by atoms with Crippen molar-refractivity contribution >= 4 is 35.4 Å². The van der Waals surface area contributed by atoms with Crippen molar-refractivity contribution < 1.29 is 14.3 Å². The molecule has 1 fully saturated rings. The Kier molecular flexibility index (Phi) is 6.52. The van der Waals surface area contributed by atoms with Gasteiger partial charge in [0.1, 0.15) is 5.82 Å². The summed E-state index contributed by atoms with van der Waals surface area (Å²) in [6.07, 6.45) is 2.29. The van der Waals surface area contributed by atoms with Crippen LogP contribution in [0.4, 0.5) is 4.79 Å². The number of nitrogens with zero attached hydrogens (tertiary/aromatic N) is 3. The summed E-state index contributed by atoms with van der Waals surface area (Å²) < 4.78 is 7.41. The summed E-state index contributed by atoms with van der Waals surface area (Å²) in [5.74, 6) is 1.39. The van der Waals surface area contributed by atoms with Crippen LogP contribution in [0.3, 0.4) is 0 Å². The zero-order chi connectivity index (χ0) is 22.0. The molecule has 0 radical (unpaired) electrons. The molecule has 1 aliphatic heterocycles. The first kappa shape index (κ1) is 21.7. The van der Waals surface area contributed by atoms with E-state index in [2.05, 4.69) is 32.3 Å². The van der Waals surface area contributed by atoms with E-state index >= 15 is 0 Å². The lowest BCUT2D eigenvalue weighted by Crippen LogP contribution is -2.46. The number of carbonyl (C=O) groups is 2. The molecule has 10 heteroatoms. The van der Waals surface area contributed by atoms with E-state index in [1.165, 1.54) is 11.8 Å². The molecule has 2 N–H and O–H groups in total. The average Bonchev–Trinajstić information content (AvgIpc) is 3.52. The highest BCUT2D eigenvalue weighted by atomic mass is 35.5. The molecule has 2 amide bonds. The average molecular weight is 462 g/mol. The summed E-state index contributed by atoms with van der Waals surface area (Å²) in [4.78, 5) is 25.3. The number of aromatic nitrogens is 3. The Morgan fingerprint density at radius 3 is 2.65 bits per heavy atom. The van der Waals surface area contributed by atoms with Crippen molar-refractivity contribution in [2.24, 2.45) is 0 Å². The van der Waals surface area contributed by atoms with Crippen LogP contribution in [0.2, 0.25) is 5.02 Å². The highest BCUT2D eigenvalue weighted by Crippen LogP contribution is 2.40. The molecule has 1 aromatic heterocycles. The summed E-state index contributed by atoms with van der Waals surface area (Å²) in [5.41, 5.74) is 1.63. The Morgan fingerprint density at radius 2 is 2.00 bits per heavy atom. The monoisotopic (exact) mass is 461 g/mol. The van der Waals surface area contributed by atoms with Gasteiger partial charge in [0, 0.05) is 28.9 Å². The topological polar surface area (TPSA) is 98.1 Å². The van der Waals surface area contributed by atoms with E-state index in [-0.39, 0.29) is 12.6 Å². The Morgan fingerprint density at radius 1 is 1.26 bits per heavy atom. The van der Waals surface area contributed by atoms with Crippen LogP contribution >= 0.6 is 23.4 Å². The van der Waals surface area contributed by atoms with Gasteiger partial charge in [0.25, 0.3) is 0 Å². The fourth-order valence-corrected chi connectivity index (χ4v) is 4.68. The minimum absolute atomic E-state index is 0.235. The SMILES string of the molecule is CCOC(=O)C1=C(CSc2nnc(C3CC3)n2CC)NC(=O)NC1c1ccc(Cl)cc1. The first-order valence-corrected chi connectivity index (χ1v) is 11.7. The molecule has 2 aliphatic rings. The van der Waals surface area contributed by atoms with E-state index in [4.69, 9.17) is 16.3 Å². The van der Waals surface area contributed by atoms with Crippen LogP contribution in [-0.4, -0.2) is 39.1 Å². The Balaban J connectivity index is 1.65. The third-order valence-corrected chi connectivity index (χ3v) is 6.45. The normalized spacial score (nSPS) is 18.5. The van der Waals surface area contributed by atoms with Crippen molar-refractivity contribution in [3.05, 3.63) is 51.9 Å². The molecule has 0 spiro atoms. The maximum atomic E-state index is 12.9. The first-order valence-electron chi connectivity index (χ1n) is 10.3. The van der Waals surface area contributed by atoms with Crippen molar-refractivity contribution in [2.45, 2.75) is 50.4 Å². The quantitative estimate of drug-likeness (QED) is 0.458. The van der Waals surface area contributed by atoms with E-state index in [1.807, 2.05) is 0 Å². The van der Waals surface area contributed by atoms with Crippen LogP contribution in [0.15, 0.2) is 40.7 Å². The molecule has 2 aromatic rings. The number of hydrogen-bond acceptors (Lipinski definition) is 6. The maximum absolute atomic E-state index is 12.9. The zero-order valence-electron chi connectivity index (χ0n) is 17.4. The molecule has 4 rings (SSSR count). The number of amides is 2. The minimum atomic E-state index is -0.633. The number of rotatable bonds is 8. The van der Waals surface area contributed by atoms with E-state index < -0.39 is 12.0 Å². The van der Waals surface area contributed by atoms with Gasteiger partial charge in [0.15, 0.2) is 5.16 Å². The number of urea groups is 1. The molecule has 2 heterocycles. The van der Waals surface area contributed by atoms with Gasteiger partial charge in [-0.05, 0) is 44.4 Å². The van der Waals surface area contributed by atoms with Gasteiger partial charge in [-0.1, -0.05) is 35.5 Å². The standard InChI is InChI=1S/C21H24ClN5O3S/c1-3-27-18(13-5-6-13)25-26-21(27)31-11-15-16(19(28)30-4-2)17(24-20(29)23-15)12-7-9-14(22)10-8-12/h7-10,13,17H,3-6,11H2,1-2H3,(H2,23,24,29). The van der Waals surface area contributed by atoms with E-state index in [1.54, 1.807) is 31.2 Å². The summed E-state index contributed by atoms with van der Waals surface area (Å²) in [7, 11) is 0. The number of thioether (sulfide) groups is 1. The number of hydrogen-bond donors (Lipinski definition) is 2. The van der Waals surface area contributed by atoms with Crippen molar-refractivity contribution in [3.63, 3.8) is 0 Å². The Labute approximate surface area is 189 Å². The van der Waals surface area contributed by atoms with E-state index in [9.17, 15) is 9.59 Å². The molecule has 0 saturated heterocycles. The summed E-state index contributed by atoms with van der Waals surface area (Å²) >= 11 is 7.45. The molecule has 1 aromatic carbocycles. The van der Waals surface area contributed by atoms with Gasteiger partial charge < -0.3 is 19.9 Å². The van der Waals surface area contributed by atoms with Crippen LogP contribution in [0.5, 0.6) is 0 Å². The van der Waals surface area contributed by atoms with E-state index in [0.29, 0.717) is 28.0 Å². The summed E-state index contributed by atoms with van der Waals surface area (Å²) in [5, 5.41) is 15.7. The first-order chi connectivity index (χ1) is 15.0. The van der Waals surface area contributed by atoms with Gasteiger partial charge >= 0.3 is 12.0 Å². The highest BCUT2D eigenvalue weighted by Gasteiger charge is 2.34. The number of benzene rings is 1. The fraction of sp³-hybridized carbons (Fsp3) is 0.429. The highest BCUT2D eigenvalue weighted by molar-refractivity contribution is 7.99. The molecule has 164 valence electrons. The van der Waals surface area contributed by atoms with Gasteiger partial charge in [0.2, 0.25) is 0 Å². The Bertz CT molecular complexity index is 1020.